The quantitative estimate of drug-likeness (QED) is 0.703. The number of carbonyl (C=O) groups excluding carboxylic acids is 1. The van der Waals surface area contributed by atoms with Crippen LogP contribution in [0.1, 0.15) is 18.4 Å². The van der Waals surface area contributed by atoms with Gasteiger partial charge in [0.2, 0.25) is 12.3 Å². The first-order valence-electron chi connectivity index (χ1n) is 6.72. The molecule has 1 unspecified atom stereocenters. The SMILES string of the molecule is O=C(CCc1ccc(OC(F)(F)F)cc1)NC(CC(F)F)C(=O)O. The molecule has 0 spiro atoms. The van der Waals surface area contributed by atoms with Gasteiger partial charge in [-0.25, -0.2) is 13.6 Å². The summed E-state index contributed by atoms with van der Waals surface area (Å²) in [7, 11) is 0. The summed E-state index contributed by atoms with van der Waals surface area (Å²) < 4.78 is 64.1. The molecule has 134 valence electrons. The second kappa shape index (κ2) is 8.46. The predicted molar refractivity (Wildman–Crippen MR) is 71.6 cm³/mol. The van der Waals surface area contributed by atoms with Crippen LogP contribution in [-0.2, 0) is 16.0 Å². The van der Waals surface area contributed by atoms with Crippen LogP contribution < -0.4 is 10.1 Å². The molecule has 0 heterocycles. The minimum atomic E-state index is -4.81. The lowest BCUT2D eigenvalue weighted by molar-refractivity contribution is -0.274. The maximum Gasteiger partial charge on any atom is 0.573 e. The second-order valence-electron chi connectivity index (χ2n) is 4.78. The number of amides is 1. The van der Waals surface area contributed by atoms with E-state index in [0.29, 0.717) is 5.56 Å². The van der Waals surface area contributed by atoms with Crippen molar-refractivity contribution < 1.29 is 41.4 Å². The van der Waals surface area contributed by atoms with Crippen LogP contribution in [-0.4, -0.2) is 35.8 Å². The molecule has 5 nitrogen and oxygen atoms in total. The Labute approximate surface area is 133 Å². The third kappa shape index (κ3) is 7.75. The lowest BCUT2D eigenvalue weighted by Gasteiger charge is -2.14. The van der Waals surface area contributed by atoms with Gasteiger partial charge in [-0.15, -0.1) is 13.2 Å². The van der Waals surface area contributed by atoms with E-state index in [1.54, 1.807) is 0 Å². The van der Waals surface area contributed by atoms with Crippen LogP contribution in [0.15, 0.2) is 24.3 Å². The standard InChI is InChI=1S/C14H14F5NO4/c15-11(16)7-10(13(22)23)20-12(21)6-3-8-1-4-9(5-2-8)24-14(17,18)19/h1-2,4-5,10-11H,3,6-7H2,(H,20,21)(H,22,23). The van der Waals surface area contributed by atoms with Crippen LogP contribution in [0.2, 0.25) is 0 Å². The molecule has 0 aliphatic rings. The van der Waals surface area contributed by atoms with Gasteiger partial charge in [0.1, 0.15) is 11.8 Å². The highest BCUT2D eigenvalue weighted by atomic mass is 19.4. The Kier molecular flexibility index (Phi) is 6.93. The number of aliphatic carboxylic acids is 1. The van der Waals surface area contributed by atoms with Crippen molar-refractivity contribution in [2.24, 2.45) is 0 Å². The highest BCUT2D eigenvalue weighted by molar-refractivity contribution is 5.83. The molecule has 1 aromatic carbocycles. The number of benzene rings is 1. The van der Waals surface area contributed by atoms with Crippen LogP contribution in [0.3, 0.4) is 0 Å². The van der Waals surface area contributed by atoms with Crippen molar-refractivity contribution in [2.75, 3.05) is 0 Å². The van der Waals surface area contributed by atoms with Crippen molar-refractivity contribution in [3.8, 4) is 5.75 Å². The number of hydrogen-bond donors (Lipinski definition) is 2. The molecular weight excluding hydrogens is 341 g/mol. The largest absolute Gasteiger partial charge is 0.573 e. The molecule has 24 heavy (non-hydrogen) atoms. The molecule has 0 radical (unpaired) electrons. The van der Waals surface area contributed by atoms with Crippen LogP contribution >= 0.6 is 0 Å². The number of alkyl halides is 5. The van der Waals surface area contributed by atoms with Gasteiger partial charge in [-0.3, -0.25) is 4.79 Å². The van der Waals surface area contributed by atoms with Crippen LogP contribution in [0.5, 0.6) is 5.75 Å². The Bertz CT molecular complexity index is 559. The normalized spacial score (nSPS) is 12.8. The number of carboxylic acid groups (broad SMARTS) is 1. The number of aryl methyl sites for hydroxylation is 1. The summed E-state index contributed by atoms with van der Waals surface area (Å²) in [5.74, 6) is -2.74. The Hall–Kier alpha value is -2.39. The lowest BCUT2D eigenvalue weighted by Crippen LogP contribution is -2.42. The molecule has 0 aromatic heterocycles. The maximum absolute atomic E-state index is 12.2. The molecule has 10 heteroatoms. The zero-order valence-electron chi connectivity index (χ0n) is 12.1. The molecule has 1 atom stereocenters. The van der Waals surface area contributed by atoms with Crippen molar-refractivity contribution in [1.29, 1.82) is 0 Å². The highest BCUT2D eigenvalue weighted by Gasteiger charge is 2.31. The number of halogens is 5. The van der Waals surface area contributed by atoms with Crippen LogP contribution in [0.25, 0.3) is 0 Å². The fourth-order valence-corrected chi connectivity index (χ4v) is 1.78. The molecule has 0 aliphatic heterocycles. The van der Waals surface area contributed by atoms with E-state index >= 15 is 0 Å². The molecule has 0 aliphatic carbocycles. The highest BCUT2D eigenvalue weighted by Crippen LogP contribution is 2.23. The van der Waals surface area contributed by atoms with E-state index < -0.39 is 42.9 Å². The molecule has 0 saturated heterocycles. The van der Waals surface area contributed by atoms with E-state index in [-0.39, 0.29) is 12.8 Å². The van der Waals surface area contributed by atoms with E-state index in [0.717, 1.165) is 12.1 Å². The topological polar surface area (TPSA) is 75.6 Å². The van der Waals surface area contributed by atoms with E-state index in [9.17, 15) is 31.5 Å². The molecule has 1 aromatic rings. The molecule has 1 rings (SSSR count). The van der Waals surface area contributed by atoms with Gasteiger partial charge >= 0.3 is 12.3 Å². The maximum atomic E-state index is 12.2. The molecule has 0 bridgehead atoms. The van der Waals surface area contributed by atoms with Gasteiger partial charge < -0.3 is 15.2 Å². The van der Waals surface area contributed by atoms with Crippen LogP contribution in [0, 0.1) is 0 Å². The van der Waals surface area contributed by atoms with Crippen molar-refractivity contribution >= 4 is 11.9 Å². The number of rotatable bonds is 8. The number of hydrogen-bond acceptors (Lipinski definition) is 3. The number of nitrogens with one attached hydrogen (secondary N) is 1. The van der Waals surface area contributed by atoms with Gasteiger partial charge in [0, 0.05) is 12.8 Å². The lowest BCUT2D eigenvalue weighted by atomic mass is 10.1. The van der Waals surface area contributed by atoms with Gasteiger partial charge in [0.05, 0.1) is 0 Å². The summed E-state index contributed by atoms with van der Waals surface area (Å²) >= 11 is 0. The molecule has 2 N–H and O–H groups in total. The Morgan fingerprint density at radius 2 is 1.75 bits per heavy atom. The van der Waals surface area contributed by atoms with E-state index in [2.05, 4.69) is 4.74 Å². The minimum absolute atomic E-state index is 0.0964. The Morgan fingerprint density at radius 3 is 2.21 bits per heavy atom. The summed E-state index contributed by atoms with van der Waals surface area (Å²) in [4.78, 5) is 22.3. The Morgan fingerprint density at radius 1 is 1.17 bits per heavy atom. The minimum Gasteiger partial charge on any atom is -0.480 e. The van der Waals surface area contributed by atoms with Crippen LogP contribution in [0.4, 0.5) is 22.0 Å². The first-order chi connectivity index (χ1) is 11.1. The smallest absolute Gasteiger partial charge is 0.480 e. The summed E-state index contributed by atoms with van der Waals surface area (Å²) in [6.07, 6.45) is -8.80. The number of carboxylic acids is 1. The molecule has 0 fully saturated rings. The predicted octanol–water partition coefficient (Wildman–Crippen LogP) is 2.74. The van der Waals surface area contributed by atoms with Crippen molar-refractivity contribution in [3.05, 3.63) is 29.8 Å². The fraction of sp³-hybridized carbons (Fsp3) is 0.429. The molecule has 1 amide bonds. The average molecular weight is 355 g/mol. The summed E-state index contributed by atoms with van der Waals surface area (Å²) in [6.45, 7) is 0. The van der Waals surface area contributed by atoms with Gasteiger partial charge in [-0.2, -0.15) is 0 Å². The first-order valence-corrected chi connectivity index (χ1v) is 6.72. The number of carbonyl (C=O) groups is 2. The average Bonchev–Trinajstić information content (AvgIpc) is 2.43. The monoisotopic (exact) mass is 355 g/mol. The van der Waals surface area contributed by atoms with E-state index in [1.807, 2.05) is 5.32 Å². The Balaban J connectivity index is 2.50. The van der Waals surface area contributed by atoms with E-state index in [1.165, 1.54) is 12.1 Å². The van der Waals surface area contributed by atoms with Gasteiger partial charge in [0.15, 0.2) is 0 Å². The van der Waals surface area contributed by atoms with Crippen molar-refractivity contribution in [1.82, 2.24) is 5.32 Å². The second-order valence-corrected chi connectivity index (χ2v) is 4.78. The molecular formula is C14H14F5NO4. The first kappa shape index (κ1) is 19.7. The zero-order chi connectivity index (χ0) is 18.3. The number of ether oxygens (including phenoxy) is 1. The van der Waals surface area contributed by atoms with Gasteiger partial charge in [-0.05, 0) is 24.1 Å². The van der Waals surface area contributed by atoms with Gasteiger partial charge in [0.25, 0.3) is 0 Å². The fourth-order valence-electron chi connectivity index (χ4n) is 1.78. The summed E-state index contributed by atoms with van der Waals surface area (Å²) in [5.41, 5.74) is 0.500. The van der Waals surface area contributed by atoms with E-state index in [4.69, 9.17) is 5.11 Å². The van der Waals surface area contributed by atoms with Crippen molar-refractivity contribution in [3.63, 3.8) is 0 Å². The molecule has 0 saturated carbocycles. The summed E-state index contributed by atoms with van der Waals surface area (Å²) in [6, 6.07) is 3.06. The zero-order valence-corrected chi connectivity index (χ0v) is 12.1. The third-order valence-electron chi connectivity index (χ3n) is 2.84. The van der Waals surface area contributed by atoms with Crippen molar-refractivity contribution in [2.45, 2.75) is 38.1 Å². The van der Waals surface area contributed by atoms with Gasteiger partial charge in [-0.1, -0.05) is 12.1 Å². The third-order valence-corrected chi connectivity index (χ3v) is 2.84. The summed E-state index contributed by atoms with van der Waals surface area (Å²) in [5, 5.41) is 10.7.